The molecule has 1 saturated heterocycles. The number of ether oxygens (including phenoxy) is 2. The number of carbonyl (C=O) groups is 2. The first kappa shape index (κ1) is 18.4. The lowest BCUT2D eigenvalue weighted by molar-refractivity contribution is -0.142. The van der Waals surface area contributed by atoms with Crippen molar-refractivity contribution in [2.75, 3.05) is 25.6 Å². The molecule has 0 saturated carbocycles. The second kappa shape index (κ2) is 8.22. The Kier molecular flexibility index (Phi) is 6.29. The van der Waals surface area contributed by atoms with Gasteiger partial charge in [-0.2, -0.15) is 0 Å². The molecule has 1 aliphatic rings. The molecule has 2 rings (SSSR count). The van der Waals surface area contributed by atoms with Gasteiger partial charge in [0.1, 0.15) is 6.42 Å². The number of nitrogens with one attached hydrogen (secondary N) is 2. The molecule has 24 heavy (non-hydrogen) atoms. The molecule has 1 amide bonds. The van der Waals surface area contributed by atoms with E-state index in [4.69, 9.17) is 4.74 Å². The van der Waals surface area contributed by atoms with E-state index in [1.165, 1.54) is 31.4 Å². The maximum atomic E-state index is 12.2. The molecule has 8 nitrogen and oxygen atoms in total. The quantitative estimate of drug-likeness (QED) is 0.548. The first-order valence-corrected chi connectivity index (χ1v) is 8.97. The highest BCUT2D eigenvalue weighted by Crippen LogP contribution is 2.16. The van der Waals surface area contributed by atoms with Gasteiger partial charge in [0.05, 0.1) is 18.1 Å². The van der Waals surface area contributed by atoms with Gasteiger partial charge in [-0.25, -0.2) is 13.1 Å². The van der Waals surface area contributed by atoms with Crippen LogP contribution in [0.1, 0.15) is 19.3 Å². The standard InChI is InChI=1S/C15H20N2O6S/c1-22-15(19)9-14(18)17-11-4-6-13(7-5-11)24(20,21)16-10-12-3-2-8-23-12/h4-7,12,16H,2-3,8-10H2,1H3,(H,17,18). The monoisotopic (exact) mass is 356 g/mol. The van der Waals surface area contributed by atoms with E-state index in [1.807, 2.05) is 0 Å². The SMILES string of the molecule is COC(=O)CC(=O)Nc1ccc(S(=O)(=O)NCC2CCCO2)cc1. The minimum atomic E-state index is -3.63. The second-order valence-corrected chi connectivity index (χ2v) is 7.08. The molecule has 0 aromatic heterocycles. The van der Waals surface area contributed by atoms with Crippen molar-refractivity contribution in [2.24, 2.45) is 0 Å². The van der Waals surface area contributed by atoms with Gasteiger partial charge in [0.25, 0.3) is 0 Å². The van der Waals surface area contributed by atoms with E-state index in [0.29, 0.717) is 12.3 Å². The Balaban J connectivity index is 1.92. The Labute approximate surface area is 140 Å². The van der Waals surface area contributed by atoms with Crippen molar-refractivity contribution in [3.63, 3.8) is 0 Å². The lowest BCUT2D eigenvalue weighted by Crippen LogP contribution is -2.31. The molecule has 1 aliphatic heterocycles. The number of rotatable bonds is 7. The van der Waals surface area contributed by atoms with Crippen LogP contribution in [0.3, 0.4) is 0 Å². The number of amides is 1. The van der Waals surface area contributed by atoms with Crippen LogP contribution in [0.5, 0.6) is 0 Å². The molecule has 1 heterocycles. The van der Waals surface area contributed by atoms with Gasteiger partial charge in [-0.3, -0.25) is 9.59 Å². The summed E-state index contributed by atoms with van der Waals surface area (Å²) in [5.74, 6) is -1.18. The number of hydrogen-bond donors (Lipinski definition) is 2. The highest BCUT2D eigenvalue weighted by atomic mass is 32.2. The molecule has 1 unspecified atom stereocenters. The first-order valence-electron chi connectivity index (χ1n) is 7.49. The summed E-state index contributed by atoms with van der Waals surface area (Å²) < 4.78 is 36.7. The lowest BCUT2D eigenvalue weighted by Gasteiger charge is -2.12. The van der Waals surface area contributed by atoms with Crippen molar-refractivity contribution in [3.8, 4) is 0 Å². The molecular formula is C15H20N2O6S. The number of carbonyl (C=O) groups excluding carboxylic acids is 2. The molecular weight excluding hydrogens is 336 g/mol. The fourth-order valence-corrected chi connectivity index (χ4v) is 3.28. The molecule has 0 spiro atoms. The highest BCUT2D eigenvalue weighted by molar-refractivity contribution is 7.89. The van der Waals surface area contributed by atoms with Crippen molar-refractivity contribution < 1.29 is 27.5 Å². The van der Waals surface area contributed by atoms with E-state index < -0.39 is 28.3 Å². The molecule has 0 radical (unpaired) electrons. The van der Waals surface area contributed by atoms with Gasteiger partial charge in [0.2, 0.25) is 15.9 Å². The Hall–Kier alpha value is -1.97. The van der Waals surface area contributed by atoms with Crippen LogP contribution < -0.4 is 10.0 Å². The molecule has 1 aromatic carbocycles. The van der Waals surface area contributed by atoms with Crippen molar-refractivity contribution in [3.05, 3.63) is 24.3 Å². The van der Waals surface area contributed by atoms with Crippen LogP contribution in [0.2, 0.25) is 0 Å². The van der Waals surface area contributed by atoms with E-state index in [9.17, 15) is 18.0 Å². The van der Waals surface area contributed by atoms with Gasteiger partial charge >= 0.3 is 5.97 Å². The van der Waals surface area contributed by atoms with Crippen LogP contribution in [0.25, 0.3) is 0 Å². The number of anilines is 1. The van der Waals surface area contributed by atoms with Crippen LogP contribution in [0.15, 0.2) is 29.2 Å². The van der Waals surface area contributed by atoms with E-state index in [0.717, 1.165) is 12.8 Å². The summed E-state index contributed by atoms with van der Waals surface area (Å²) in [6, 6.07) is 5.67. The van der Waals surface area contributed by atoms with Gasteiger partial charge < -0.3 is 14.8 Å². The second-order valence-electron chi connectivity index (χ2n) is 5.31. The molecule has 0 aliphatic carbocycles. The zero-order valence-corrected chi connectivity index (χ0v) is 14.1. The molecule has 1 fully saturated rings. The summed E-state index contributed by atoms with van der Waals surface area (Å²) in [5.41, 5.74) is 0.391. The summed E-state index contributed by atoms with van der Waals surface area (Å²) in [6.45, 7) is 0.895. The third kappa shape index (κ3) is 5.29. The van der Waals surface area contributed by atoms with E-state index in [1.54, 1.807) is 0 Å². The van der Waals surface area contributed by atoms with Crippen LogP contribution in [0.4, 0.5) is 5.69 Å². The number of sulfonamides is 1. The molecule has 1 atom stereocenters. The number of benzene rings is 1. The third-order valence-corrected chi connectivity index (χ3v) is 4.95. The van der Waals surface area contributed by atoms with E-state index in [2.05, 4.69) is 14.8 Å². The van der Waals surface area contributed by atoms with Gasteiger partial charge in [-0.05, 0) is 37.1 Å². The third-order valence-electron chi connectivity index (χ3n) is 3.51. The van der Waals surface area contributed by atoms with Gasteiger partial charge in [-0.15, -0.1) is 0 Å². The Bertz CT molecular complexity index is 680. The Morgan fingerprint density at radius 3 is 2.58 bits per heavy atom. The topological polar surface area (TPSA) is 111 Å². The van der Waals surface area contributed by atoms with Crippen LogP contribution in [0, 0.1) is 0 Å². The van der Waals surface area contributed by atoms with E-state index >= 15 is 0 Å². The smallest absolute Gasteiger partial charge is 0.315 e. The van der Waals surface area contributed by atoms with Gasteiger partial charge in [0, 0.05) is 18.8 Å². The summed E-state index contributed by atoms with van der Waals surface area (Å²) in [5, 5.41) is 2.49. The highest BCUT2D eigenvalue weighted by Gasteiger charge is 2.20. The van der Waals surface area contributed by atoms with Crippen LogP contribution in [-0.4, -0.2) is 46.7 Å². The number of methoxy groups -OCH3 is 1. The Morgan fingerprint density at radius 1 is 1.29 bits per heavy atom. The maximum Gasteiger partial charge on any atom is 0.315 e. The van der Waals surface area contributed by atoms with Gasteiger partial charge in [-0.1, -0.05) is 0 Å². The number of esters is 1. The summed E-state index contributed by atoms with van der Waals surface area (Å²) in [6.07, 6.45) is 1.29. The minimum absolute atomic E-state index is 0.0864. The Morgan fingerprint density at radius 2 is 2.00 bits per heavy atom. The van der Waals surface area contributed by atoms with Crippen molar-refractivity contribution >= 4 is 27.6 Å². The van der Waals surface area contributed by atoms with Crippen molar-refractivity contribution in [1.29, 1.82) is 0 Å². The average molecular weight is 356 g/mol. The zero-order chi connectivity index (χ0) is 17.6. The van der Waals surface area contributed by atoms with Crippen LogP contribution in [-0.2, 0) is 29.1 Å². The van der Waals surface area contributed by atoms with Crippen molar-refractivity contribution in [2.45, 2.75) is 30.3 Å². The average Bonchev–Trinajstić information content (AvgIpc) is 3.07. The predicted molar refractivity (Wildman–Crippen MR) is 85.9 cm³/mol. The largest absolute Gasteiger partial charge is 0.469 e. The zero-order valence-electron chi connectivity index (χ0n) is 13.3. The summed E-state index contributed by atoms with van der Waals surface area (Å²) in [7, 11) is -2.44. The fraction of sp³-hybridized carbons (Fsp3) is 0.467. The predicted octanol–water partition coefficient (Wildman–Crippen LogP) is 0.645. The minimum Gasteiger partial charge on any atom is -0.469 e. The summed E-state index contributed by atoms with van der Waals surface area (Å²) in [4.78, 5) is 22.6. The van der Waals surface area contributed by atoms with Gasteiger partial charge in [0.15, 0.2) is 0 Å². The fourth-order valence-electron chi connectivity index (χ4n) is 2.22. The van der Waals surface area contributed by atoms with Crippen molar-refractivity contribution in [1.82, 2.24) is 4.72 Å². The maximum absolute atomic E-state index is 12.2. The first-order chi connectivity index (χ1) is 11.4. The molecule has 0 bridgehead atoms. The lowest BCUT2D eigenvalue weighted by atomic mass is 10.2. The summed E-state index contributed by atoms with van der Waals surface area (Å²) >= 11 is 0. The van der Waals surface area contributed by atoms with E-state index in [-0.39, 0.29) is 17.5 Å². The molecule has 1 aromatic rings. The molecule has 9 heteroatoms. The molecule has 132 valence electrons. The van der Waals surface area contributed by atoms with Crippen LogP contribution >= 0.6 is 0 Å². The normalized spacial score (nSPS) is 17.5. The number of hydrogen-bond acceptors (Lipinski definition) is 6. The molecule has 2 N–H and O–H groups in total.